The number of thiazole rings is 1. The van der Waals surface area contributed by atoms with Crippen LogP contribution in [0.1, 0.15) is 43.0 Å². The Morgan fingerprint density at radius 3 is 2.61 bits per heavy atom. The van der Waals surface area contributed by atoms with Crippen LogP contribution in [0, 0.1) is 0 Å². The van der Waals surface area contributed by atoms with E-state index in [9.17, 15) is 0 Å². The van der Waals surface area contributed by atoms with Crippen LogP contribution in [0.25, 0.3) is 0 Å². The highest BCUT2D eigenvalue weighted by Gasteiger charge is 2.07. The molecule has 1 heterocycles. The Kier molecular flexibility index (Phi) is 11.2. The SMILES string of the molecule is CCNC(=NCc1nc(C(C)C)cs1)NCCc1cc(OC)ccc1OC.I. The number of aliphatic imine (C=N–C) groups is 1. The Morgan fingerprint density at radius 2 is 2.00 bits per heavy atom. The highest BCUT2D eigenvalue weighted by Crippen LogP contribution is 2.24. The van der Waals surface area contributed by atoms with Crippen molar-refractivity contribution in [3.63, 3.8) is 0 Å². The molecule has 6 nitrogen and oxygen atoms in total. The molecule has 0 radical (unpaired) electrons. The molecule has 0 spiro atoms. The fourth-order valence-electron chi connectivity index (χ4n) is 2.54. The van der Waals surface area contributed by atoms with Gasteiger partial charge in [-0.3, -0.25) is 0 Å². The highest BCUT2D eigenvalue weighted by atomic mass is 127. The minimum absolute atomic E-state index is 0. The summed E-state index contributed by atoms with van der Waals surface area (Å²) in [4.78, 5) is 9.29. The Balaban J connectivity index is 0.00000392. The summed E-state index contributed by atoms with van der Waals surface area (Å²) >= 11 is 1.66. The molecule has 2 aromatic rings. The maximum atomic E-state index is 5.44. The number of rotatable bonds is 9. The molecular formula is C20H31IN4O2S. The zero-order valence-electron chi connectivity index (χ0n) is 17.2. The minimum atomic E-state index is 0. The van der Waals surface area contributed by atoms with Gasteiger partial charge in [0, 0.05) is 18.5 Å². The second kappa shape index (κ2) is 12.8. The van der Waals surface area contributed by atoms with Gasteiger partial charge >= 0.3 is 0 Å². The van der Waals surface area contributed by atoms with Crippen LogP contribution in [0.2, 0.25) is 0 Å². The molecule has 0 fully saturated rings. The van der Waals surface area contributed by atoms with Crippen molar-refractivity contribution in [3.05, 3.63) is 39.8 Å². The van der Waals surface area contributed by atoms with E-state index in [0.717, 1.165) is 53.2 Å². The van der Waals surface area contributed by atoms with Crippen LogP contribution in [0.3, 0.4) is 0 Å². The van der Waals surface area contributed by atoms with Crippen LogP contribution >= 0.6 is 35.3 Å². The average Bonchev–Trinajstić information content (AvgIpc) is 3.15. The number of halogens is 1. The molecule has 2 N–H and O–H groups in total. The lowest BCUT2D eigenvalue weighted by atomic mass is 10.1. The first-order valence-electron chi connectivity index (χ1n) is 9.24. The topological polar surface area (TPSA) is 67.8 Å². The smallest absolute Gasteiger partial charge is 0.191 e. The van der Waals surface area contributed by atoms with Gasteiger partial charge in [0.2, 0.25) is 0 Å². The molecule has 0 unspecified atom stereocenters. The van der Waals surface area contributed by atoms with Crippen molar-refractivity contribution < 1.29 is 9.47 Å². The molecule has 1 aromatic heterocycles. The lowest BCUT2D eigenvalue weighted by Gasteiger charge is -2.13. The molecule has 0 aliphatic heterocycles. The number of nitrogens with zero attached hydrogens (tertiary/aromatic N) is 2. The molecule has 0 atom stereocenters. The van der Waals surface area contributed by atoms with Gasteiger partial charge in [0.15, 0.2) is 5.96 Å². The molecule has 28 heavy (non-hydrogen) atoms. The first kappa shape index (κ1) is 24.5. The number of hydrogen-bond donors (Lipinski definition) is 2. The lowest BCUT2D eigenvalue weighted by Crippen LogP contribution is -2.38. The Morgan fingerprint density at radius 1 is 1.21 bits per heavy atom. The highest BCUT2D eigenvalue weighted by molar-refractivity contribution is 14.0. The number of benzene rings is 1. The molecule has 8 heteroatoms. The predicted molar refractivity (Wildman–Crippen MR) is 128 cm³/mol. The second-order valence-electron chi connectivity index (χ2n) is 6.37. The van der Waals surface area contributed by atoms with E-state index in [1.165, 1.54) is 0 Å². The Hall–Kier alpha value is -1.55. The monoisotopic (exact) mass is 518 g/mol. The first-order chi connectivity index (χ1) is 13.1. The van der Waals surface area contributed by atoms with Crippen molar-refractivity contribution in [2.45, 2.75) is 39.7 Å². The van der Waals surface area contributed by atoms with Gasteiger partial charge in [-0.2, -0.15) is 0 Å². The fraction of sp³-hybridized carbons (Fsp3) is 0.500. The van der Waals surface area contributed by atoms with E-state index in [1.54, 1.807) is 25.6 Å². The van der Waals surface area contributed by atoms with Gasteiger partial charge in [0.25, 0.3) is 0 Å². The van der Waals surface area contributed by atoms with Crippen molar-refractivity contribution >= 4 is 41.3 Å². The molecule has 1 aromatic carbocycles. The molecule has 0 bridgehead atoms. The summed E-state index contributed by atoms with van der Waals surface area (Å²) < 4.78 is 10.7. The normalized spacial score (nSPS) is 11.1. The van der Waals surface area contributed by atoms with Gasteiger partial charge in [-0.15, -0.1) is 35.3 Å². The molecule has 0 aliphatic carbocycles. The summed E-state index contributed by atoms with van der Waals surface area (Å²) in [6, 6.07) is 5.84. The lowest BCUT2D eigenvalue weighted by molar-refractivity contribution is 0.398. The van der Waals surface area contributed by atoms with Gasteiger partial charge in [0.1, 0.15) is 16.5 Å². The summed E-state index contributed by atoms with van der Waals surface area (Å²) in [7, 11) is 3.35. The molecule has 0 amide bonds. The Bertz CT molecular complexity index is 750. The van der Waals surface area contributed by atoms with Gasteiger partial charge in [-0.05, 0) is 43.0 Å². The third-order valence-electron chi connectivity index (χ3n) is 4.05. The fourth-order valence-corrected chi connectivity index (χ4v) is 3.42. The van der Waals surface area contributed by atoms with Crippen LogP contribution in [0.4, 0.5) is 0 Å². The number of hydrogen-bond acceptors (Lipinski definition) is 5. The standard InChI is InChI=1S/C20H30N4O2S.HI/c1-6-21-20(23-12-19-24-17(13-27-19)14(2)3)22-10-9-15-11-16(25-4)7-8-18(15)26-5;/h7-8,11,13-14H,6,9-10,12H2,1-5H3,(H2,21,22,23);1H. The van der Waals surface area contributed by atoms with Crippen molar-refractivity contribution in [1.29, 1.82) is 0 Å². The van der Waals surface area contributed by atoms with Crippen molar-refractivity contribution in [2.24, 2.45) is 4.99 Å². The maximum absolute atomic E-state index is 5.44. The van der Waals surface area contributed by atoms with E-state index < -0.39 is 0 Å². The van der Waals surface area contributed by atoms with Crippen LogP contribution < -0.4 is 20.1 Å². The third-order valence-corrected chi connectivity index (χ3v) is 4.90. The largest absolute Gasteiger partial charge is 0.497 e. The summed E-state index contributed by atoms with van der Waals surface area (Å²) in [5.41, 5.74) is 2.23. The van der Waals surface area contributed by atoms with Crippen LogP contribution in [-0.2, 0) is 13.0 Å². The van der Waals surface area contributed by atoms with Crippen LogP contribution in [0.15, 0.2) is 28.6 Å². The second-order valence-corrected chi connectivity index (χ2v) is 7.31. The molecule has 156 valence electrons. The van der Waals surface area contributed by atoms with Crippen molar-refractivity contribution in [3.8, 4) is 11.5 Å². The molecule has 0 saturated carbocycles. The number of aromatic nitrogens is 1. The van der Waals surface area contributed by atoms with E-state index in [-0.39, 0.29) is 24.0 Å². The predicted octanol–water partition coefficient (Wildman–Crippen LogP) is 4.20. The molecular weight excluding hydrogens is 487 g/mol. The zero-order valence-corrected chi connectivity index (χ0v) is 20.4. The quantitative estimate of drug-likeness (QED) is 0.296. The number of ether oxygens (including phenoxy) is 2. The van der Waals surface area contributed by atoms with Crippen LogP contribution in [0.5, 0.6) is 11.5 Å². The van der Waals surface area contributed by atoms with Gasteiger partial charge in [-0.25, -0.2) is 9.98 Å². The summed E-state index contributed by atoms with van der Waals surface area (Å²) in [5.74, 6) is 2.93. The van der Waals surface area contributed by atoms with Crippen molar-refractivity contribution in [1.82, 2.24) is 15.6 Å². The van der Waals surface area contributed by atoms with Gasteiger partial charge < -0.3 is 20.1 Å². The Labute approximate surface area is 189 Å². The van der Waals surface area contributed by atoms with E-state index in [4.69, 9.17) is 9.47 Å². The van der Waals surface area contributed by atoms with E-state index in [1.807, 2.05) is 18.2 Å². The average molecular weight is 518 g/mol. The third kappa shape index (κ3) is 7.46. The van der Waals surface area contributed by atoms with Crippen molar-refractivity contribution in [2.75, 3.05) is 27.3 Å². The summed E-state index contributed by atoms with van der Waals surface area (Å²) in [5, 5.41) is 9.81. The maximum Gasteiger partial charge on any atom is 0.191 e. The van der Waals surface area contributed by atoms with E-state index in [2.05, 4.69) is 46.8 Å². The zero-order chi connectivity index (χ0) is 19.6. The van der Waals surface area contributed by atoms with E-state index >= 15 is 0 Å². The first-order valence-corrected chi connectivity index (χ1v) is 10.1. The molecule has 2 rings (SSSR count). The number of methoxy groups -OCH3 is 2. The molecule has 0 saturated heterocycles. The van der Waals surface area contributed by atoms with E-state index in [0.29, 0.717) is 12.5 Å². The number of nitrogens with one attached hydrogen (secondary N) is 2. The van der Waals surface area contributed by atoms with Crippen LogP contribution in [-0.4, -0.2) is 38.3 Å². The summed E-state index contributed by atoms with van der Waals surface area (Å²) in [6.07, 6.45) is 0.805. The van der Waals surface area contributed by atoms with Gasteiger partial charge in [0.05, 0.1) is 26.5 Å². The molecule has 0 aliphatic rings. The van der Waals surface area contributed by atoms with Gasteiger partial charge in [-0.1, -0.05) is 13.8 Å². The number of guanidine groups is 1. The summed E-state index contributed by atoms with van der Waals surface area (Å²) in [6.45, 7) is 8.49. The minimum Gasteiger partial charge on any atom is -0.497 e.